The van der Waals surface area contributed by atoms with Gasteiger partial charge in [-0.15, -0.1) is 0 Å². The highest BCUT2D eigenvalue weighted by molar-refractivity contribution is 9.09. The third kappa shape index (κ3) is 10.9. The Hall–Kier alpha value is -1.65. The molecule has 0 aromatic rings. The quantitative estimate of drug-likeness (QED) is 0.284. The van der Waals surface area contributed by atoms with Gasteiger partial charge in [-0.2, -0.15) is 0 Å². The van der Waals surface area contributed by atoms with Crippen LogP contribution in [0.1, 0.15) is 57.8 Å². The van der Waals surface area contributed by atoms with Gasteiger partial charge in [-0.3, -0.25) is 29.3 Å². The van der Waals surface area contributed by atoms with E-state index < -0.39 is 12.0 Å². The lowest BCUT2D eigenvalue weighted by atomic mass is 9.89. The van der Waals surface area contributed by atoms with E-state index in [0.717, 1.165) is 12.8 Å². The lowest BCUT2D eigenvalue weighted by Crippen LogP contribution is -2.44. The van der Waals surface area contributed by atoms with Crippen LogP contribution in [0.5, 0.6) is 0 Å². The maximum Gasteiger partial charge on any atom is 0.230 e. The zero-order valence-corrected chi connectivity index (χ0v) is 18.9. The maximum absolute atomic E-state index is 12.7. The largest absolute Gasteiger partial charge is 0.355 e. The van der Waals surface area contributed by atoms with Crippen molar-refractivity contribution in [3.05, 3.63) is 0 Å². The first-order valence-corrected chi connectivity index (χ1v) is 11.6. The van der Waals surface area contributed by atoms with E-state index in [2.05, 4.69) is 31.9 Å². The molecule has 0 saturated carbocycles. The number of hydrogen-bond donors (Lipinski definition) is 4. The van der Waals surface area contributed by atoms with Crippen LogP contribution in [0.2, 0.25) is 0 Å². The van der Waals surface area contributed by atoms with Gasteiger partial charge in [0.15, 0.2) is 0 Å². The van der Waals surface area contributed by atoms with Crippen molar-refractivity contribution in [1.29, 1.82) is 0 Å². The number of nitrogens with two attached hydrogens (primary N) is 1. The summed E-state index contributed by atoms with van der Waals surface area (Å²) < 4.78 is 0. The van der Waals surface area contributed by atoms with Gasteiger partial charge in [0.25, 0.3) is 0 Å². The number of hydrogen-bond acceptors (Lipinski definition) is 7. The molecule has 0 spiro atoms. The third-order valence-corrected chi connectivity index (χ3v) is 5.69. The van der Waals surface area contributed by atoms with E-state index in [1.165, 1.54) is 0 Å². The number of carbonyl (C=O) groups is 5. The van der Waals surface area contributed by atoms with Crippen LogP contribution < -0.4 is 21.7 Å². The number of carbonyl (C=O) groups excluding carboxylic acids is 5. The minimum absolute atomic E-state index is 0.0352. The van der Waals surface area contributed by atoms with E-state index >= 15 is 0 Å². The summed E-state index contributed by atoms with van der Waals surface area (Å²) in [5, 5.41) is 8.76. The van der Waals surface area contributed by atoms with Crippen molar-refractivity contribution in [3.8, 4) is 0 Å². The molecule has 2 atom stereocenters. The highest BCUT2D eigenvalue weighted by atomic mass is 79.9. The molecule has 170 valence electrons. The molecule has 0 unspecified atom stereocenters. The molecule has 1 rings (SSSR count). The third-order valence-electron chi connectivity index (χ3n) is 5.18. The van der Waals surface area contributed by atoms with Crippen molar-refractivity contribution in [2.24, 2.45) is 11.7 Å². The van der Waals surface area contributed by atoms with E-state index in [4.69, 9.17) is 5.73 Å². The molecule has 10 heteroatoms. The summed E-state index contributed by atoms with van der Waals surface area (Å²) in [6.07, 6.45) is 3.37. The van der Waals surface area contributed by atoms with Crippen LogP contribution in [0.25, 0.3) is 0 Å². The maximum atomic E-state index is 12.7. The Kier molecular flexibility index (Phi) is 13.4. The summed E-state index contributed by atoms with van der Waals surface area (Å²) in [6, 6.07) is -0.449. The molecule has 2 amide bonds. The minimum Gasteiger partial charge on any atom is -0.355 e. The zero-order valence-electron chi connectivity index (χ0n) is 17.3. The first kappa shape index (κ1) is 26.4. The van der Waals surface area contributed by atoms with Gasteiger partial charge in [-0.1, -0.05) is 15.9 Å². The highest BCUT2D eigenvalue weighted by Gasteiger charge is 2.24. The monoisotopic (exact) mass is 488 g/mol. The van der Waals surface area contributed by atoms with Crippen molar-refractivity contribution in [2.75, 3.05) is 25.1 Å². The molecule has 1 saturated heterocycles. The predicted octanol–water partition coefficient (Wildman–Crippen LogP) is 0.336. The number of ketones is 3. The number of amides is 2. The number of nitrogens with one attached hydrogen (secondary N) is 3. The Morgan fingerprint density at radius 2 is 1.80 bits per heavy atom. The fourth-order valence-electron chi connectivity index (χ4n) is 3.32. The molecule has 1 aliphatic rings. The SMILES string of the molecule is NCC(=O)[C@@H]1CCC(=O)CCC(=O)NCN[C@@H](CCCCNC(=O)CBr)C(=O)CC1. The van der Waals surface area contributed by atoms with Crippen molar-refractivity contribution in [2.45, 2.75) is 63.8 Å². The predicted molar refractivity (Wildman–Crippen MR) is 116 cm³/mol. The Morgan fingerprint density at radius 1 is 1.07 bits per heavy atom. The Balaban J connectivity index is 2.68. The molecule has 0 aliphatic carbocycles. The molecule has 9 nitrogen and oxygen atoms in total. The molecule has 0 aromatic heterocycles. The number of Topliss-reactive ketones (excluding diaryl/α,β-unsaturated/α-hetero) is 3. The van der Waals surface area contributed by atoms with Gasteiger partial charge >= 0.3 is 0 Å². The van der Waals surface area contributed by atoms with E-state index in [-0.39, 0.29) is 73.4 Å². The average Bonchev–Trinajstić information content (AvgIpc) is 2.74. The number of unbranched alkanes of at least 4 members (excludes halogenated alkanes) is 1. The molecule has 0 bridgehead atoms. The topological polar surface area (TPSA) is 147 Å². The van der Waals surface area contributed by atoms with Gasteiger partial charge in [0.2, 0.25) is 11.8 Å². The van der Waals surface area contributed by atoms with Gasteiger partial charge in [0, 0.05) is 38.1 Å². The molecule has 1 fully saturated rings. The van der Waals surface area contributed by atoms with Gasteiger partial charge in [0.05, 0.1) is 24.6 Å². The zero-order chi connectivity index (χ0) is 22.4. The van der Waals surface area contributed by atoms with Gasteiger partial charge in [0.1, 0.15) is 17.3 Å². The fraction of sp³-hybridized carbons (Fsp3) is 0.750. The fourth-order valence-corrected chi connectivity index (χ4v) is 3.52. The van der Waals surface area contributed by atoms with Crippen LogP contribution in [0.15, 0.2) is 0 Å². The summed E-state index contributed by atoms with van der Waals surface area (Å²) in [4.78, 5) is 60.0. The first-order chi connectivity index (χ1) is 14.4. The Morgan fingerprint density at radius 3 is 2.50 bits per heavy atom. The molecular formula is C20H33BrN4O5. The standard InChI is InChI=1S/C20H33BrN4O5/c21-11-20(30)23-10-2-1-3-16-17(27)8-5-14(18(28)12-22)4-6-15(26)7-9-19(29)25-13-24-16/h14,16,24H,1-13,22H2,(H,23,30)(H,25,29)/t14-,16+/m1/s1. The average molecular weight is 489 g/mol. The number of rotatable bonds is 8. The van der Waals surface area contributed by atoms with Crippen LogP contribution in [-0.2, 0) is 24.0 Å². The lowest BCUT2D eigenvalue weighted by molar-refractivity contribution is -0.127. The number of alkyl halides is 1. The highest BCUT2D eigenvalue weighted by Crippen LogP contribution is 2.18. The molecule has 30 heavy (non-hydrogen) atoms. The second-order valence-electron chi connectivity index (χ2n) is 7.46. The van der Waals surface area contributed by atoms with Gasteiger partial charge < -0.3 is 16.4 Å². The number of halogens is 1. The van der Waals surface area contributed by atoms with Crippen molar-refractivity contribution in [3.63, 3.8) is 0 Å². The van der Waals surface area contributed by atoms with Crippen LogP contribution in [0, 0.1) is 5.92 Å². The smallest absolute Gasteiger partial charge is 0.230 e. The summed E-state index contributed by atoms with van der Waals surface area (Å²) >= 11 is 3.08. The lowest BCUT2D eigenvalue weighted by Gasteiger charge is -2.21. The summed E-state index contributed by atoms with van der Waals surface area (Å²) in [6.45, 7) is 0.551. The van der Waals surface area contributed by atoms with Gasteiger partial charge in [-0.25, -0.2) is 0 Å². The Labute approximate surface area is 185 Å². The van der Waals surface area contributed by atoms with Crippen molar-refractivity contribution in [1.82, 2.24) is 16.0 Å². The van der Waals surface area contributed by atoms with E-state index in [9.17, 15) is 24.0 Å². The van der Waals surface area contributed by atoms with Crippen LogP contribution in [-0.4, -0.2) is 60.3 Å². The second-order valence-corrected chi connectivity index (χ2v) is 8.02. The molecule has 0 radical (unpaired) electrons. The Bertz CT molecular complexity index is 614. The van der Waals surface area contributed by atoms with Crippen LogP contribution in [0.3, 0.4) is 0 Å². The molecular weight excluding hydrogens is 456 g/mol. The molecule has 1 aliphatic heterocycles. The molecule has 5 N–H and O–H groups in total. The first-order valence-electron chi connectivity index (χ1n) is 10.5. The molecule has 0 aromatic carbocycles. The van der Waals surface area contributed by atoms with Crippen molar-refractivity contribution >= 4 is 45.1 Å². The summed E-state index contributed by atoms with van der Waals surface area (Å²) in [5.74, 6) is -1.01. The van der Waals surface area contributed by atoms with E-state index in [1.807, 2.05) is 0 Å². The van der Waals surface area contributed by atoms with Crippen LogP contribution >= 0.6 is 15.9 Å². The van der Waals surface area contributed by atoms with E-state index in [1.54, 1.807) is 0 Å². The summed E-state index contributed by atoms with van der Waals surface area (Å²) in [5.41, 5.74) is 5.49. The molecule has 1 heterocycles. The minimum atomic E-state index is -0.449. The van der Waals surface area contributed by atoms with Crippen LogP contribution in [0.4, 0.5) is 0 Å². The van der Waals surface area contributed by atoms with Crippen molar-refractivity contribution < 1.29 is 24.0 Å². The van der Waals surface area contributed by atoms with E-state index in [0.29, 0.717) is 25.8 Å². The van der Waals surface area contributed by atoms with Gasteiger partial charge in [-0.05, 0) is 32.1 Å². The second kappa shape index (κ2) is 15.2. The normalized spacial score (nSPS) is 22.1. The summed E-state index contributed by atoms with van der Waals surface area (Å²) in [7, 11) is 0.